The molecule has 2 aromatic carbocycles. The third kappa shape index (κ3) is 4.63. The maximum absolute atomic E-state index is 14.4. The quantitative estimate of drug-likeness (QED) is 0.217. The van der Waals surface area contributed by atoms with Gasteiger partial charge in [-0.05, 0) is 63.1 Å². The number of carbonyl (C=O) groups excluding carboxylic acids is 1. The number of carbonyl (C=O) groups is 1. The first-order valence-corrected chi connectivity index (χ1v) is 13.2. The average molecular weight is 555 g/mol. The van der Waals surface area contributed by atoms with Gasteiger partial charge in [-0.1, -0.05) is 5.16 Å². The summed E-state index contributed by atoms with van der Waals surface area (Å²) in [6.07, 6.45) is 2.81. The summed E-state index contributed by atoms with van der Waals surface area (Å²) in [5, 5.41) is 17.9. The molecular formula is C30H27FN6O4. The summed E-state index contributed by atoms with van der Waals surface area (Å²) in [6, 6.07) is 9.94. The topological polar surface area (TPSA) is 139 Å². The number of pyridine rings is 1. The number of hydrogen-bond donors (Lipinski definition) is 3. The van der Waals surface area contributed by atoms with Crippen LogP contribution in [0, 0.1) is 19.7 Å². The number of methoxy groups -OCH3 is 1. The third-order valence-corrected chi connectivity index (χ3v) is 7.11. The Balaban J connectivity index is 1.63. The molecule has 0 aliphatic heterocycles. The Labute approximate surface area is 233 Å². The monoisotopic (exact) mass is 554 g/mol. The number of unbranched alkanes of at least 4 members (excludes halogenated alkanes) is 1. The SMILES string of the molecule is COc1cc2c(cc1-c1c(C)noc1C)[nH]c1nc(C(=O)NCCCCO)nc(-c3ccnc4ccc(F)cc34)c12. The Morgan fingerprint density at radius 3 is 2.71 bits per heavy atom. The van der Waals surface area contributed by atoms with Gasteiger partial charge in [-0.3, -0.25) is 9.78 Å². The molecule has 0 aliphatic carbocycles. The zero-order valence-corrected chi connectivity index (χ0v) is 22.7. The van der Waals surface area contributed by atoms with Gasteiger partial charge in [0.15, 0.2) is 0 Å². The van der Waals surface area contributed by atoms with Gasteiger partial charge in [-0.2, -0.15) is 0 Å². The molecule has 10 nitrogen and oxygen atoms in total. The molecule has 0 saturated carbocycles. The number of nitrogens with one attached hydrogen (secondary N) is 2. The van der Waals surface area contributed by atoms with Crippen LogP contribution in [0.2, 0.25) is 0 Å². The van der Waals surface area contributed by atoms with Crippen molar-refractivity contribution in [1.82, 2.24) is 30.4 Å². The number of nitrogens with zero attached hydrogens (tertiary/aromatic N) is 4. The standard InChI is InChI=1S/C30H27FN6O4/c1-15-25(16(2)41-37-15)21-13-23-20(14-24(21)40-3)26-27(18-8-10-32-22-7-6-17(31)12-19(18)22)35-29(36-28(26)34-23)30(39)33-9-4-5-11-38/h6-8,10,12-14,38H,4-5,9,11H2,1-3H3,(H,33,39)(H,34,35,36). The van der Waals surface area contributed by atoms with E-state index in [1.807, 2.05) is 26.0 Å². The van der Waals surface area contributed by atoms with Gasteiger partial charge in [0.25, 0.3) is 5.91 Å². The van der Waals surface area contributed by atoms with Gasteiger partial charge in [0, 0.05) is 46.8 Å². The van der Waals surface area contributed by atoms with Crippen LogP contribution in [0.25, 0.3) is 55.2 Å². The molecule has 0 radical (unpaired) electrons. The summed E-state index contributed by atoms with van der Waals surface area (Å²) in [4.78, 5) is 30.2. The normalized spacial score (nSPS) is 11.5. The number of halogens is 1. The van der Waals surface area contributed by atoms with Crippen LogP contribution in [0.1, 0.15) is 34.9 Å². The Morgan fingerprint density at radius 2 is 1.95 bits per heavy atom. The lowest BCUT2D eigenvalue weighted by Gasteiger charge is -2.11. The first-order valence-electron chi connectivity index (χ1n) is 13.2. The van der Waals surface area contributed by atoms with E-state index in [-0.39, 0.29) is 12.4 Å². The van der Waals surface area contributed by atoms with E-state index in [1.54, 1.807) is 25.4 Å². The molecule has 3 N–H and O–H groups in total. The molecule has 0 saturated heterocycles. The highest BCUT2D eigenvalue weighted by molar-refractivity contribution is 6.16. The van der Waals surface area contributed by atoms with Crippen LogP contribution in [0.15, 0.2) is 47.1 Å². The van der Waals surface area contributed by atoms with Gasteiger partial charge in [0.2, 0.25) is 5.82 Å². The molecular weight excluding hydrogens is 527 g/mol. The second kappa shape index (κ2) is 10.6. The van der Waals surface area contributed by atoms with Crippen molar-refractivity contribution in [2.24, 2.45) is 0 Å². The van der Waals surface area contributed by atoms with Crippen molar-refractivity contribution in [2.45, 2.75) is 26.7 Å². The van der Waals surface area contributed by atoms with Crippen LogP contribution in [0.3, 0.4) is 0 Å². The number of fused-ring (bicyclic) bond motifs is 4. The molecule has 0 unspecified atom stereocenters. The molecule has 4 aromatic heterocycles. The highest BCUT2D eigenvalue weighted by atomic mass is 19.1. The molecule has 1 amide bonds. The lowest BCUT2D eigenvalue weighted by atomic mass is 9.99. The smallest absolute Gasteiger partial charge is 0.289 e. The summed E-state index contributed by atoms with van der Waals surface area (Å²) in [7, 11) is 1.59. The fourth-order valence-corrected chi connectivity index (χ4v) is 5.19. The number of aryl methyl sites for hydroxylation is 2. The largest absolute Gasteiger partial charge is 0.496 e. The van der Waals surface area contributed by atoms with Gasteiger partial charge in [0.1, 0.15) is 23.0 Å². The van der Waals surface area contributed by atoms with Crippen molar-refractivity contribution in [3.05, 3.63) is 65.7 Å². The third-order valence-electron chi connectivity index (χ3n) is 7.11. The lowest BCUT2D eigenvalue weighted by molar-refractivity contribution is 0.0942. The highest BCUT2D eigenvalue weighted by Crippen LogP contribution is 2.42. The molecule has 208 valence electrons. The predicted molar refractivity (Wildman–Crippen MR) is 152 cm³/mol. The summed E-state index contributed by atoms with van der Waals surface area (Å²) in [5.41, 5.74) is 5.15. The van der Waals surface area contributed by atoms with E-state index < -0.39 is 11.7 Å². The van der Waals surface area contributed by atoms with Crippen LogP contribution in [0.4, 0.5) is 4.39 Å². The van der Waals surface area contributed by atoms with Gasteiger partial charge in [-0.15, -0.1) is 0 Å². The molecule has 11 heteroatoms. The summed E-state index contributed by atoms with van der Waals surface area (Å²) in [6.45, 7) is 4.11. The van der Waals surface area contributed by atoms with E-state index >= 15 is 0 Å². The van der Waals surface area contributed by atoms with Gasteiger partial charge in [-0.25, -0.2) is 14.4 Å². The fraction of sp³-hybridized carbons (Fsp3) is 0.233. The number of aliphatic hydroxyl groups excluding tert-OH is 1. The number of ether oxygens (including phenoxy) is 1. The molecule has 0 fully saturated rings. The Kier molecular flexibility index (Phi) is 6.80. The summed E-state index contributed by atoms with van der Waals surface area (Å²) < 4.78 is 25.6. The second-order valence-corrected chi connectivity index (χ2v) is 9.75. The maximum Gasteiger partial charge on any atom is 0.289 e. The van der Waals surface area contributed by atoms with Crippen LogP contribution in [-0.2, 0) is 0 Å². The number of aromatic amines is 1. The number of hydrogen-bond acceptors (Lipinski definition) is 8. The van der Waals surface area contributed by atoms with Crippen molar-refractivity contribution in [2.75, 3.05) is 20.3 Å². The number of H-pyrrole nitrogens is 1. The molecule has 0 aliphatic rings. The van der Waals surface area contributed by atoms with E-state index in [0.717, 1.165) is 27.7 Å². The van der Waals surface area contributed by atoms with Gasteiger partial charge >= 0.3 is 0 Å². The summed E-state index contributed by atoms with van der Waals surface area (Å²) in [5.74, 6) is 0.339. The molecule has 4 heterocycles. The van der Waals surface area contributed by atoms with Crippen LogP contribution in [-0.4, -0.2) is 56.4 Å². The number of rotatable bonds is 8. The minimum Gasteiger partial charge on any atom is -0.496 e. The van der Waals surface area contributed by atoms with Gasteiger partial charge in [0.05, 0.1) is 35.0 Å². The predicted octanol–water partition coefficient (Wildman–Crippen LogP) is 5.25. The zero-order valence-electron chi connectivity index (χ0n) is 22.7. The Hall–Kier alpha value is -4.90. The van der Waals surface area contributed by atoms with Crippen LogP contribution < -0.4 is 10.1 Å². The van der Waals surface area contributed by atoms with Crippen LogP contribution in [0.5, 0.6) is 5.75 Å². The average Bonchev–Trinajstić information content (AvgIpc) is 3.51. The minimum absolute atomic E-state index is 0.0395. The zero-order chi connectivity index (χ0) is 28.7. The number of aromatic nitrogens is 5. The molecule has 6 rings (SSSR count). The van der Waals surface area contributed by atoms with Crippen LogP contribution >= 0.6 is 0 Å². The van der Waals surface area contributed by atoms with Crippen molar-refractivity contribution in [1.29, 1.82) is 0 Å². The Bertz CT molecular complexity index is 1930. The summed E-state index contributed by atoms with van der Waals surface area (Å²) >= 11 is 0. The Morgan fingerprint density at radius 1 is 1.10 bits per heavy atom. The molecule has 6 aromatic rings. The molecule has 0 atom stereocenters. The van der Waals surface area contributed by atoms with Crippen molar-refractivity contribution in [3.63, 3.8) is 0 Å². The minimum atomic E-state index is -0.455. The highest BCUT2D eigenvalue weighted by Gasteiger charge is 2.23. The van der Waals surface area contributed by atoms with E-state index in [9.17, 15) is 9.18 Å². The molecule has 0 bridgehead atoms. The number of amides is 1. The number of aliphatic hydroxyl groups is 1. The van der Waals surface area contributed by atoms with Gasteiger partial charge < -0.3 is 24.7 Å². The van der Waals surface area contributed by atoms with Crippen molar-refractivity contribution in [3.8, 4) is 28.1 Å². The van der Waals surface area contributed by atoms with E-state index in [0.29, 0.717) is 64.1 Å². The van der Waals surface area contributed by atoms with E-state index in [2.05, 4.69) is 25.4 Å². The van der Waals surface area contributed by atoms with Crippen molar-refractivity contribution < 1.29 is 23.6 Å². The molecule has 41 heavy (non-hydrogen) atoms. The van der Waals surface area contributed by atoms with E-state index in [4.69, 9.17) is 19.4 Å². The maximum atomic E-state index is 14.4. The lowest BCUT2D eigenvalue weighted by Crippen LogP contribution is -2.26. The van der Waals surface area contributed by atoms with E-state index in [1.165, 1.54) is 12.1 Å². The number of benzene rings is 2. The first kappa shape index (κ1) is 26.3. The second-order valence-electron chi connectivity index (χ2n) is 9.75. The van der Waals surface area contributed by atoms with Crippen molar-refractivity contribution >= 4 is 38.7 Å². The fourth-order valence-electron chi connectivity index (χ4n) is 5.19. The molecule has 0 spiro atoms. The first-order chi connectivity index (χ1) is 19.9.